The van der Waals surface area contributed by atoms with Crippen LogP contribution in [0.1, 0.15) is 17.0 Å². The van der Waals surface area contributed by atoms with Gasteiger partial charge in [-0.15, -0.1) is 0 Å². The number of rotatable bonds is 6. The molecule has 1 N–H and O–H groups in total. The van der Waals surface area contributed by atoms with Gasteiger partial charge in [-0.25, -0.2) is 4.98 Å². The van der Waals surface area contributed by atoms with Gasteiger partial charge in [0.15, 0.2) is 0 Å². The average molecular weight is 363 g/mol. The Labute approximate surface area is 160 Å². The number of hydrogen-bond donors (Lipinski definition) is 1. The van der Waals surface area contributed by atoms with Crippen LogP contribution in [0.5, 0.6) is 5.75 Å². The molecule has 5 nitrogen and oxygen atoms in total. The highest BCUT2D eigenvalue weighted by Gasteiger charge is 2.21. The van der Waals surface area contributed by atoms with Crippen molar-refractivity contribution in [3.63, 3.8) is 0 Å². The van der Waals surface area contributed by atoms with Crippen LogP contribution in [0.25, 0.3) is 11.3 Å². The average Bonchev–Trinajstić information content (AvgIpc) is 3.12. The minimum atomic E-state index is 0.132. The molecule has 0 saturated heterocycles. The van der Waals surface area contributed by atoms with Crippen LogP contribution in [-0.2, 0) is 24.4 Å². The molecular weight excluding hydrogens is 338 g/mol. The maximum atomic E-state index is 5.99. The molecule has 2 aromatic carbocycles. The Bertz CT molecular complexity index is 902. The van der Waals surface area contributed by atoms with Crippen LogP contribution < -0.4 is 10.1 Å². The molecule has 0 spiro atoms. The van der Waals surface area contributed by atoms with Gasteiger partial charge in [0.25, 0.3) is 0 Å². The van der Waals surface area contributed by atoms with E-state index in [2.05, 4.69) is 53.3 Å². The zero-order chi connectivity index (χ0) is 18.6. The van der Waals surface area contributed by atoms with E-state index in [-0.39, 0.29) is 6.10 Å². The molecule has 3 aromatic rings. The van der Waals surface area contributed by atoms with E-state index in [4.69, 9.17) is 14.5 Å². The summed E-state index contributed by atoms with van der Waals surface area (Å²) >= 11 is 0. The van der Waals surface area contributed by atoms with Gasteiger partial charge in [-0.1, -0.05) is 48.0 Å². The second-order valence-corrected chi connectivity index (χ2v) is 6.94. The molecule has 0 aliphatic carbocycles. The zero-order valence-electron chi connectivity index (χ0n) is 15.8. The predicted molar refractivity (Wildman–Crippen MR) is 106 cm³/mol. The first-order valence-corrected chi connectivity index (χ1v) is 9.30. The second-order valence-electron chi connectivity index (χ2n) is 6.94. The Morgan fingerprint density at radius 3 is 2.81 bits per heavy atom. The second kappa shape index (κ2) is 7.94. The maximum Gasteiger partial charge on any atom is 0.135 e. The number of aromatic nitrogens is 2. The third kappa shape index (κ3) is 4.04. The predicted octanol–water partition coefficient (Wildman–Crippen LogP) is 3.56. The van der Waals surface area contributed by atoms with E-state index in [1.807, 2.05) is 18.2 Å². The molecule has 1 atom stereocenters. The number of nitrogens with zero attached hydrogens (tertiary/aromatic N) is 2. The first kappa shape index (κ1) is 17.8. The number of aryl methyl sites for hydroxylation is 1. The summed E-state index contributed by atoms with van der Waals surface area (Å²) < 4.78 is 13.6. The van der Waals surface area contributed by atoms with Gasteiger partial charge in [-0.05, 0) is 13.0 Å². The normalized spacial score (nSPS) is 16.1. The molecule has 4 rings (SSSR count). The molecule has 140 valence electrons. The SMILES string of the molecule is COc1ccccc1CNC[C@H]1Cn2cc(-c3ccc(C)cc3)nc2CO1. The molecule has 0 bridgehead atoms. The van der Waals surface area contributed by atoms with Crippen molar-refractivity contribution in [2.75, 3.05) is 13.7 Å². The van der Waals surface area contributed by atoms with Crippen LogP contribution in [0.15, 0.2) is 54.7 Å². The number of imidazole rings is 1. The Kier molecular flexibility index (Phi) is 5.23. The molecule has 0 amide bonds. The highest BCUT2D eigenvalue weighted by atomic mass is 16.5. The van der Waals surface area contributed by atoms with Crippen LogP contribution in [0.3, 0.4) is 0 Å². The van der Waals surface area contributed by atoms with E-state index >= 15 is 0 Å². The number of benzene rings is 2. The summed E-state index contributed by atoms with van der Waals surface area (Å²) in [5.74, 6) is 1.90. The number of hydrogen-bond acceptors (Lipinski definition) is 4. The van der Waals surface area contributed by atoms with Crippen LogP contribution in [-0.4, -0.2) is 29.3 Å². The fraction of sp³-hybridized carbons (Fsp3) is 0.318. The highest BCUT2D eigenvalue weighted by molar-refractivity contribution is 5.59. The summed E-state index contributed by atoms with van der Waals surface area (Å²) in [6.45, 7) is 5.00. The van der Waals surface area contributed by atoms with Crippen LogP contribution >= 0.6 is 0 Å². The molecule has 0 unspecified atom stereocenters. The van der Waals surface area contributed by atoms with Gasteiger partial charge in [0.05, 0.1) is 25.5 Å². The molecule has 1 aromatic heterocycles. The van der Waals surface area contributed by atoms with Crippen molar-refractivity contribution in [3.05, 3.63) is 71.7 Å². The van der Waals surface area contributed by atoms with Crippen molar-refractivity contribution in [2.24, 2.45) is 0 Å². The lowest BCUT2D eigenvalue weighted by Crippen LogP contribution is -2.36. The number of ether oxygens (including phenoxy) is 2. The van der Waals surface area contributed by atoms with Gasteiger partial charge in [0, 0.05) is 30.4 Å². The van der Waals surface area contributed by atoms with Crippen LogP contribution in [0.2, 0.25) is 0 Å². The largest absolute Gasteiger partial charge is 0.496 e. The molecule has 2 heterocycles. The summed E-state index contributed by atoms with van der Waals surface area (Å²) in [7, 11) is 1.70. The van der Waals surface area contributed by atoms with E-state index in [0.717, 1.165) is 48.0 Å². The fourth-order valence-electron chi connectivity index (χ4n) is 3.40. The fourth-order valence-corrected chi connectivity index (χ4v) is 3.40. The lowest BCUT2D eigenvalue weighted by molar-refractivity contribution is 0.00276. The lowest BCUT2D eigenvalue weighted by atomic mass is 10.1. The van der Waals surface area contributed by atoms with E-state index in [0.29, 0.717) is 6.61 Å². The van der Waals surface area contributed by atoms with Crippen molar-refractivity contribution in [1.29, 1.82) is 0 Å². The number of nitrogens with one attached hydrogen (secondary N) is 1. The third-order valence-corrected chi connectivity index (χ3v) is 4.93. The minimum Gasteiger partial charge on any atom is -0.496 e. The lowest BCUT2D eigenvalue weighted by Gasteiger charge is -2.24. The molecular formula is C22H25N3O2. The smallest absolute Gasteiger partial charge is 0.135 e. The van der Waals surface area contributed by atoms with Gasteiger partial charge >= 0.3 is 0 Å². The van der Waals surface area contributed by atoms with Crippen molar-refractivity contribution in [3.8, 4) is 17.0 Å². The van der Waals surface area contributed by atoms with Crippen molar-refractivity contribution in [1.82, 2.24) is 14.9 Å². The Balaban J connectivity index is 1.36. The Hall–Kier alpha value is -2.63. The standard InChI is InChI=1S/C22H25N3O2/c1-16-7-9-17(10-8-16)20-14-25-13-19(27-15-22(25)24-20)12-23-11-18-5-3-4-6-21(18)26-2/h3-10,14,19,23H,11-13,15H2,1-2H3/t19-/m0/s1. The van der Waals surface area contributed by atoms with Crippen molar-refractivity contribution in [2.45, 2.75) is 32.7 Å². The number of methoxy groups -OCH3 is 1. The first-order chi connectivity index (χ1) is 13.2. The van der Waals surface area contributed by atoms with Gasteiger partial charge in [-0.2, -0.15) is 0 Å². The van der Waals surface area contributed by atoms with E-state index in [9.17, 15) is 0 Å². The topological polar surface area (TPSA) is 48.3 Å². The van der Waals surface area contributed by atoms with E-state index in [1.165, 1.54) is 5.56 Å². The third-order valence-electron chi connectivity index (χ3n) is 4.93. The maximum absolute atomic E-state index is 5.99. The number of fused-ring (bicyclic) bond motifs is 1. The zero-order valence-corrected chi connectivity index (χ0v) is 15.8. The molecule has 5 heteroatoms. The van der Waals surface area contributed by atoms with Gasteiger partial charge in [0.2, 0.25) is 0 Å². The van der Waals surface area contributed by atoms with Crippen LogP contribution in [0.4, 0.5) is 0 Å². The summed E-state index contributed by atoms with van der Waals surface area (Å²) in [5.41, 5.74) is 4.57. The summed E-state index contributed by atoms with van der Waals surface area (Å²) in [6.07, 6.45) is 2.27. The van der Waals surface area contributed by atoms with E-state index in [1.54, 1.807) is 7.11 Å². The quantitative estimate of drug-likeness (QED) is 0.728. The number of para-hydroxylation sites is 1. The monoisotopic (exact) mass is 363 g/mol. The van der Waals surface area contributed by atoms with Crippen molar-refractivity contribution >= 4 is 0 Å². The molecule has 1 aliphatic heterocycles. The highest BCUT2D eigenvalue weighted by Crippen LogP contribution is 2.23. The Morgan fingerprint density at radius 2 is 2.00 bits per heavy atom. The summed E-state index contributed by atoms with van der Waals surface area (Å²) in [5, 5.41) is 3.48. The summed E-state index contributed by atoms with van der Waals surface area (Å²) in [6, 6.07) is 16.6. The molecule has 0 saturated carbocycles. The van der Waals surface area contributed by atoms with E-state index < -0.39 is 0 Å². The minimum absolute atomic E-state index is 0.132. The summed E-state index contributed by atoms with van der Waals surface area (Å²) in [4.78, 5) is 4.74. The molecule has 27 heavy (non-hydrogen) atoms. The Morgan fingerprint density at radius 1 is 1.19 bits per heavy atom. The van der Waals surface area contributed by atoms with Gasteiger partial charge < -0.3 is 19.4 Å². The first-order valence-electron chi connectivity index (χ1n) is 9.30. The van der Waals surface area contributed by atoms with Gasteiger partial charge in [0.1, 0.15) is 18.2 Å². The molecule has 1 aliphatic rings. The van der Waals surface area contributed by atoms with Gasteiger partial charge in [-0.3, -0.25) is 0 Å². The van der Waals surface area contributed by atoms with Crippen LogP contribution in [0, 0.1) is 6.92 Å². The van der Waals surface area contributed by atoms with Crippen molar-refractivity contribution < 1.29 is 9.47 Å². The molecule has 0 radical (unpaired) electrons. The molecule has 0 fully saturated rings.